The van der Waals surface area contributed by atoms with Crippen molar-refractivity contribution in [2.75, 3.05) is 13.1 Å². The Labute approximate surface area is 131 Å². The molecule has 6 nitrogen and oxygen atoms in total. The minimum Gasteiger partial charge on any atom is -0.459 e. The second-order valence-corrected chi connectivity index (χ2v) is 6.30. The van der Waals surface area contributed by atoms with Gasteiger partial charge in [0.25, 0.3) is 5.91 Å². The summed E-state index contributed by atoms with van der Waals surface area (Å²) in [6.07, 6.45) is 1.53. The van der Waals surface area contributed by atoms with Gasteiger partial charge in [-0.2, -0.15) is 0 Å². The number of furan rings is 1. The number of primary amides is 1. The molecule has 1 fully saturated rings. The van der Waals surface area contributed by atoms with Gasteiger partial charge in [0.2, 0.25) is 5.91 Å². The van der Waals surface area contributed by atoms with Crippen LogP contribution in [0.3, 0.4) is 0 Å². The number of nitrogens with two attached hydrogens (primary N) is 1. The van der Waals surface area contributed by atoms with Crippen LogP contribution in [0.5, 0.6) is 0 Å². The molecule has 116 valence electrons. The molecule has 22 heavy (non-hydrogen) atoms. The SMILES string of the molecule is Cc1ccc(-c2nc(C(=O)N3CCCC(C(N)=O)C3)cs2)o1. The number of hydrogen-bond donors (Lipinski definition) is 1. The van der Waals surface area contributed by atoms with Crippen LogP contribution in [0.15, 0.2) is 21.9 Å². The van der Waals surface area contributed by atoms with Crippen molar-refractivity contribution in [3.63, 3.8) is 0 Å². The molecule has 3 rings (SSSR count). The second kappa shape index (κ2) is 5.92. The predicted molar refractivity (Wildman–Crippen MR) is 82.4 cm³/mol. The van der Waals surface area contributed by atoms with E-state index in [1.165, 1.54) is 11.3 Å². The molecule has 1 aliphatic heterocycles. The molecule has 0 aliphatic carbocycles. The fourth-order valence-corrected chi connectivity index (χ4v) is 3.34. The molecule has 3 heterocycles. The summed E-state index contributed by atoms with van der Waals surface area (Å²) in [6, 6.07) is 3.70. The van der Waals surface area contributed by atoms with E-state index in [2.05, 4.69) is 4.98 Å². The van der Waals surface area contributed by atoms with Gasteiger partial charge in [-0.15, -0.1) is 11.3 Å². The number of thiazole rings is 1. The maximum absolute atomic E-state index is 12.5. The average Bonchev–Trinajstić information content (AvgIpc) is 3.15. The zero-order chi connectivity index (χ0) is 15.7. The number of nitrogens with zero attached hydrogens (tertiary/aromatic N) is 2. The standard InChI is InChI=1S/C15H17N3O3S/c1-9-4-5-12(21-9)14-17-11(8-22-14)15(20)18-6-2-3-10(7-18)13(16)19/h4-5,8,10H,2-3,6-7H2,1H3,(H2,16,19). The molecule has 0 spiro atoms. The zero-order valence-electron chi connectivity index (χ0n) is 12.2. The van der Waals surface area contributed by atoms with Crippen LogP contribution in [-0.2, 0) is 4.79 Å². The topological polar surface area (TPSA) is 89.4 Å². The van der Waals surface area contributed by atoms with Crippen LogP contribution in [0.1, 0.15) is 29.1 Å². The summed E-state index contributed by atoms with van der Waals surface area (Å²) in [5.41, 5.74) is 5.74. The minimum atomic E-state index is -0.345. The Morgan fingerprint density at radius 3 is 2.95 bits per heavy atom. The lowest BCUT2D eigenvalue weighted by Gasteiger charge is -2.30. The molecule has 2 aromatic rings. The van der Waals surface area contributed by atoms with Crippen LogP contribution < -0.4 is 5.73 Å². The zero-order valence-corrected chi connectivity index (χ0v) is 13.1. The first-order chi connectivity index (χ1) is 10.5. The third kappa shape index (κ3) is 2.89. The molecular formula is C15H17N3O3S. The van der Waals surface area contributed by atoms with Crippen molar-refractivity contribution >= 4 is 23.2 Å². The Hall–Kier alpha value is -2.15. The number of piperidine rings is 1. The summed E-state index contributed by atoms with van der Waals surface area (Å²) in [7, 11) is 0. The number of amides is 2. The van der Waals surface area contributed by atoms with E-state index in [-0.39, 0.29) is 17.7 Å². The first-order valence-electron chi connectivity index (χ1n) is 7.15. The van der Waals surface area contributed by atoms with Crippen LogP contribution in [0, 0.1) is 12.8 Å². The lowest BCUT2D eigenvalue weighted by atomic mass is 9.97. The first kappa shape index (κ1) is 14.8. The fraction of sp³-hybridized carbons (Fsp3) is 0.400. The Kier molecular flexibility index (Phi) is 3.98. The number of likely N-dealkylation sites (tertiary alicyclic amines) is 1. The van der Waals surface area contributed by atoms with Gasteiger partial charge >= 0.3 is 0 Å². The van der Waals surface area contributed by atoms with E-state index in [9.17, 15) is 9.59 Å². The smallest absolute Gasteiger partial charge is 0.273 e. The normalized spacial score (nSPS) is 18.4. The van der Waals surface area contributed by atoms with E-state index in [1.807, 2.05) is 19.1 Å². The summed E-state index contributed by atoms with van der Waals surface area (Å²) in [4.78, 5) is 29.8. The molecule has 0 aromatic carbocycles. The Balaban J connectivity index is 1.75. The van der Waals surface area contributed by atoms with Crippen LogP contribution in [0.2, 0.25) is 0 Å². The van der Waals surface area contributed by atoms with Crippen molar-refractivity contribution in [2.45, 2.75) is 19.8 Å². The molecule has 2 amide bonds. The summed E-state index contributed by atoms with van der Waals surface area (Å²) < 4.78 is 5.52. The van der Waals surface area contributed by atoms with Crippen molar-refractivity contribution in [2.24, 2.45) is 11.7 Å². The maximum Gasteiger partial charge on any atom is 0.273 e. The Morgan fingerprint density at radius 1 is 1.45 bits per heavy atom. The number of aromatic nitrogens is 1. The van der Waals surface area contributed by atoms with Crippen molar-refractivity contribution < 1.29 is 14.0 Å². The van der Waals surface area contributed by atoms with Crippen molar-refractivity contribution in [3.05, 3.63) is 29.0 Å². The number of aryl methyl sites for hydroxylation is 1. The molecule has 2 N–H and O–H groups in total. The number of hydrogen-bond acceptors (Lipinski definition) is 5. The third-order valence-electron chi connectivity index (χ3n) is 3.79. The summed E-state index contributed by atoms with van der Waals surface area (Å²) in [5, 5.41) is 2.41. The van der Waals surface area contributed by atoms with Crippen LogP contribution in [-0.4, -0.2) is 34.8 Å². The third-order valence-corrected chi connectivity index (χ3v) is 4.64. The largest absolute Gasteiger partial charge is 0.459 e. The molecule has 7 heteroatoms. The molecule has 0 saturated carbocycles. The molecule has 1 atom stereocenters. The molecule has 1 unspecified atom stereocenters. The lowest BCUT2D eigenvalue weighted by Crippen LogP contribution is -2.44. The predicted octanol–water partition coefficient (Wildman–Crippen LogP) is 2.05. The molecule has 1 saturated heterocycles. The van der Waals surface area contributed by atoms with Crippen LogP contribution in [0.4, 0.5) is 0 Å². The van der Waals surface area contributed by atoms with E-state index >= 15 is 0 Å². The van der Waals surface area contributed by atoms with E-state index in [0.717, 1.165) is 18.6 Å². The van der Waals surface area contributed by atoms with Crippen molar-refractivity contribution in [1.82, 2.24) is 9.88 Å². The van der Waals surface area contributed by atoms with Crippen LogP contribution >= 0.6 is 11.3 Å². The highest BCUT2D eigenvalue weighted by Crippen LogP contribution is 2.27. The highest BCUT2D eigenvalue weighted by atomic mass is 32.1. The highest BCUT2D eigenvalue weighted by molar-refractivity contribution is 7.13. The highest BCUT2D eigenvalue weighted by Gasteiger charge is 2.28. The van der Waals surface area contributed by atoms with Gasteiger partial charge in [0.05, 0.1) is 5.92 Å². The monoisotopic (exact) mass is 319 g/mol. The number of carbonyl (C=O) groups excluding carboxylic acids is 2. The first-order valence-corrected chi connectivity index (χ1v) is 8.03. The van der Waals surface area contributed by atoms with Gasteiger partial charge < -0.3 is 15.1 Å². The van der Waals surface area contributed by atoms with E-state index in [4.69, 9.17) is 10.2 Å². The number of carbonyl (C=O) groups is 2. The molecule has 0 radical (unpaired) electrons. The Bertz CT molecular complexity index is 706. The van der Waals surface area contributed by atoms with Crippen molar-refractivity contribution in [1.29, 1.82) is 0 Å². The van der Waals surface area contributed by atoms with Gasteiger partial charge in [-0.3, -0.25) is 9.59 Å². The van der Waals surface area contributed by atoms with Gasteiger partial charge in [0, 0.05) is 18.5 Å². The summed E-state index contributed by atoms with van der Waals surface area (Å²) >= 11 is 1.37. The van der Waals surface area contributed by atoms with Gasteiger partial charge in [-0.25, -0.2) is 4.98 Å². The second-order valence-electron chi connectivity index (χ2n) is 5.44. The quantitative estimate of drug-likeness (QED) is 0.937. The van der Waals surface area contributed by atoms with E-state index in [1.54, 1.807) is 10.3 Å². The molecule has 0 bridgehead atoms. The maximum atomic E-state index is 12.5. The van der Waals surface area contributed by atoms with Gasteiger partial charge in [-0.1, -0.05) is 0 Å². The Morgan fingerprint density at radius 2 is 2.27 bits per heavy atom. The van der Waals surface area contributed by atoms with Gasteiger partial charge in [0.15, 0.2) is 10.8 Å². The minimum absolute atomic E-state index is 0.156. The molecule has 1 aliphatic rings. The number of rotatable bonds is 3. The van der Waals surface area contributed by atoms with Gasteiger partial charge in [0.1, 0.15) is 11.5 Å². The van der Waals surface area contributed by atoms with Crippen molar-refractivity contribution in [3.8, 4) is 10.8 Å². The van der Waals surface area contributed by atoms with E-state index in [0.29, 0.717) is 29.6 Å². The summed E-state index contributed by atoms with van der Waals surface area (Å²) in [5.74, 6) is 0.705. The van der Waals surface area contributed by atoms with Crippen LogP contribution in [0.25, 0.3) is 10.8 Å². The lowest BCUT2D eigenvalue weighted by molar-refractivity contribution is -0.123. The van der Waals surface area contributed by atoms with E-state index < -0.39 is 0 Å². The molecule has 2 aromatic heterocycles. The molecular weight excluding hydrogens is 302 g/mol. The fourth-order valence-electron chi connectivity index (χ4n) is 2.59. The summed E-state index contributed by atoms with van der Waals surface area (Å²) in [6.45, 7) is 2.87. The average molecular weight is 319 g/mol. The van der Waals surface area contributed by atoms with Gasteiger partial charge in [-0.05, 0) is 31.9 Å².